The van der Waals surface area contributed by atoms with Crippen LogP contribution in [0.4, 0.5) is 0 Å². The van der Waals surface area contributed by atoms with Crippen molar-refractivity contribution in [3.05, 3.63) is 95.6 Å². The van der Waals surface area contributed by atoms with Gasteiger partial charge in [-0.15, -0.1) is 0 Å². The third-order valence-corrected chi connectivity index (χ3v) is 12.2. The maximum atomic E-state index is 13.8. The molecule has 1 unspecified atom stereocenters. The predicted octanol–water partition coefficient (Wildman–Crippen LogP) is 3.22. The highest BCUT2D eigenvalue weighted by Crippen LogP contribution is 2.40. The van der Waals surface area contributed by atoms with E-state index < -0.39 is 99.2 Å². The number of carbonyl (C=O) groups excluding carboxylic acids is 2. The Balaban J connectivity index is 1.51. The van der Waals surface area contributed by atoms with Crippen LogP contribution in [0.15, 0.2) is 88.7 Å². The summed E-state index contributed by atoms with van der Waals surface area (Å²) in [6.07, 6.45) is -16.1. The van der Waals surface area contributed by atoms with Crippen molar-refractivity contribution in [3.63, 3.8) is 0 Å². The number of hydrogen-bond acceptors (Lipinski definition) is 16. The minimum absolute atomic E-state index is 0.0615. The SMILES string of the molecule is CC(=O)O[C@H]1[C@@H](OC(C)[C@@]2(O)O[C@H](C)[C@H](OCc3ccccc3)[C@H](OS(=O)(=O)c3ccc(C)cc3)[C@H]2OC(C)=O)O[C@H](C)[C@H](O)[C@@H]1OS(=O)(=O)c1ccc(C)cc1. The number of aliphatic hydroxyl groups excluding tert-OH is 1. The van der Waals surface area contributed by atoms with Crippen LogP contribution in [-0.2, 0) is 73.2 Å². The van der Waals surface area contributed by atoms with Gasteiger partial charge in [0, 0.05) is 13.8 Å². The zero-order chi connectivity index (χ0) is 41.9. The summed E-state index contributed by atoms with van der Waals surface area (Å²) in [7, 11) is -9.21. The molecule has 0 bridgehead atoms. The topological polar surface area (TPSA) is 217 Å². The van der Waals surface area contributed by atoms with Crippen molar-refractivity contribution in [1.82, 2.24) is 0 Å². The standard InChI is InChI=1S/C39H48O16S2/c1-22-13-17-30(18-14-22)56(44,45)54-34-32(42)24(3)49-38(36(34)51-27(6)40)50-26(5)39(43)37(52-28(7)41)35(55-57(46,47)31-19-15-23(2)16-20-31)33(25(4)53-39)48-21-29-11-9-8-10-12-29/h8-20,24-26,32-38,42-43H,21H2,1-7H3/t24-,25-,26?,32+,33+,34+,35+,36-,37-,38-,39-/m1/s1. The molecule has 0 aliphatic carbocycles. The molecule has 3 aromatic rings. The zero-order valence-corrected chi connectivity index (χ0v) is 34.0. The van der Waals surface area contributed by atoms with E-state index in [1.54, 1.807) is 68.4 Å². The minimum Gasteiger partial charge on any atom is -0.454 e. The molecule has 18 heteroatoms. The van der Waals surface area contributed by atoms with Gasteiger partial charge in [0.25, 0.3) is 20.2 Å². The van der Waals surface area contributed by atoms with Gasteiger partial charge in [-0.25, -0.2) is 0 Å². The number of benzene rings is 3. The van der Waals surface area contributed by atoms with E-state index in [4.69, 9.17) is 36.8 Å². The van der Waals surface area contributed by atoms with E-state index in [9.17, 15) is 36.6 Å². The summed E-state index contributed by atoms with van der Waals surface area (Å²) in [4.78, 5) is 24.6. The monoisotopic (exact) mass is 836 g/mol. The quantitative estimate of drug-likeness (QED) is 0.176. The highest BCUT2D eigenvalue weighted by atomic mass is 32.2. The van der Waals surface area contributed by atoms with Gasteiger partial charge in [0.15, 0.2) is 18.5 Å². The smallest absolute Gasteiger partial charge is 0.303 e. The normalized spacial score (nSPS) is 29.9. The molecule has 2 N–H and O–H groups in total. The molecule has 3 aromatic carbocycles. The first kappa shape index (κ1) is 44.3. The van der Waals surface area contributed by atoms with E-state index in [0.717, 1.165) is 25.0 Å². The Labute approximate surface area is 332 Å². The molecule has 312 valence electrons. The second kappa shape index (κ2) is 18.0. The summed E-state index contributed by atoms with van der Waals surface area (Å²) >= 11 is 0. The fourth-order valence-corrected chi connectivity index (χ4v) is 8.68. The molecule has 0 radical (unpaired) electrons. The Morgan fingerprint density at radius 2 is 1.25 bits per heavy atom. The molecule has 2 fully saturated rings. The molecular formula is C39H48O16S2. The summed E-state index contributed by atoms with van der Waals surface area (Å²) in [6, 6.07) is 20.4. The van der Waals surface area contributed by atoms with Crippen LogP contribution in [0.3, 0.4) is 0 Å². The van der Waals surface area contributed by atoms with Crippen LogP contribution in [0.2, 0.25) is 0 Å². The summed E-state index contributed by atoms with van der Waals surface area (Å²) in [5.74, 6) is -4.65. The molecule has 0 spiro atoms. The molecule has 2 aliphatic rings. The van der Waals surface area contributed by atoms with Crippen LogP contribution >= 0.6 is 0 Å². The molecule has 16 nitrogen and oxygen atoms in total. The Bertz CT molecular complexity index is 2060. The number of ether oxygens (including phenoxy) is 6. The van der Waals surface area contributed by atoms with Gasteiger partial charge >= 0.3 is 11.9 Å². The van der Waals surface area contributed by atoms with E-state index in [0.29, 0.717) is 5.56 Å². The van der Waals surface area contributed by atoms with Crippen LogP contribution in [0, 0.1) is 13.8 Å². The molecule has 0 aromatic heterocycles. The summed E-state index contributed by atoms with van der Waals surface area (Å²) in [6.45, 7) is 9.64. The predicted molar refractivity (Wildman–Crippen MR) is 199 cm³/mol. The second-order valence-corrected chi connectivity index (χ2v) is 17.2. The highest BCUT2D eigenvalue weighted by Gasteiger charge is 2.62. The van der Waals surface area contributed by atoms with Gasteiger partial charge in [-0.2, -0.15) is 16.8 Å². The molecule has 2 saturated heterocycles. The first-order valence-electron chi connectivity index (χ1n) is 18.1. The van der Waals surface area contributed by atoms with E-state index in [1.807, 2.05) is 0 Å². The van der Waals surface area contributed by atoms with Crippen molar-refractivity contribution in [3.8, 4) is 0 Å². The third-order valence-electron chi connectivity index (χ3n) is 9.52. The lowest BCUT2D eigenvalue weighted by molar-refractivity contribution is -0.396. The molecule has 57 heavy (non-hydrogen) atoms. The van der Waals surface area contributed by atoms with Crippen molar-refractivity contribution in [2.75, 3.05) is 0 Å². The first-order valence-corrected chi connectivity index (χ1v) is 20.9. The van der Waals surface area contributed by atoms with Crippen LogP contribution in [-0.4, -0.2) is 106 Å². The van der Waals surface area contributed by atoms with Crippen molar-refractivity contribution in [2.45, 2.75) is 132 Å². The number of aliphatic hydroxyl groups is 2. The van der Waals surface area contributed by atoms with E-state index in [-0.39, 0.29) is 16.4 Å². The van der Waals surface area contributed by atoms with Crippen molar-refractivity contribution >= 4 is 32.2 Å². The van der Waals surface area contributed by atoms with Crippen molar-refractivity contribution in [2.24, 2.45) is 0 Å². The number of hydrogen-bond donors (Lipinski definition) is 2. The lowest BCUT2D eigenvalue weighted by Crippen LogP contribution is -2.71. The molecular weight excluding hydrogens is 789 g/mol. The van der Waals surface area contributed by atoms with Gasteiger partial charge < -0.3 is 38.6 Å². The lowest BCUT2D eigenvalue weighted by Gasteiger charge is -2.51. The Morgan fingerprint density at radius 3 is 1.75 bits per heavy atom. The summed E-state index contributed by atoms with van der Waals surface area (Å²) in [5, 5.41) is 23.6. The maximum Gasteiger partial charge on any atom is 0.303 e. The van der Waals surface area contributed by atoms with Gasteiger partial charge in [0.1, 0.15) is 30.5 Å². The van der Waals surface area contributed by atoms with E-state index >= 15 is 0 Å². The molecule has 2 heterocycles. The van der Waals surface area contributed by atoms with Crippen LogP contribution < -0.4 is 0 Å². The zero-order valence-electron chi connectivity index (χ0n) is 32.4. The van der Waals surface area contributed by atoms with Crippen LogP contribution in [0.1, 0.15) is 51.3 Å². The van der Waals surface area contributed by atoms with Gasteiger partial charge in [-0.05, 0) is 64.4 Å². The lowest BCUT2D eigenvalue weighted by atomic mass is 9.89. The average Bonchev–Trinajstić information content (AvgIpc) is 3.13. The van der Waals surface area contributed by atoms with Gasteiger partial charge in [-0.3, -0.25) is 18.0 Å². The summed E-state index contributed by atoms with van der Waals surface area (Å²) in [5.41, 5.74) is 2.25. The first-order chi connectivity index (χ1) is 26.7. The summed E-state index contributed by atoms with van der Waals surface area (Å²) < 4.78 is 101. The third kappa shape index (κ3) is 10.4. The minimum atomic E-state index is -4.64. The highest BCUT2D eigenvalue weighted by molar-refractivity contribution is 7.87. The largest absolute Gasteiger partial charge is 0.454 e. The number of carbonyl (C=O) groups is 2. The van der Waals surface area contributed by atoms with E-state index in [1.165, 1.54) is 45.0 Å². The maximum absolute atomic E-state index is 13.8. The molecule has 0 amide bonds. The number of aryl methyl sites for hydroxylation is 2. The Kier molecular flexibility index (Phi) is 14.0. The number of rotatable bonds is 14. The average molecular weight is 837 g/mol. The molecule has 5 rings (SSSR count). The van der Waals surface area contributed by atoms with Gasteiger partial charge in [-0.1, -0.05) is 65.7 Å². The van der Waals surface area contributed by atoms with E-state index in [2.05, 4.69) is 0 Å². The number of esters is 2. The molecule has 2 aliphatic heterocycles. The Morgan fingerprint density at radius 1 is 0.737 bits per heavy atom. The van der Waals surface area contributed by atoms with Crippen LogP contribution in [0.25, 0.3) is 0 Å². The fourth-order valence-electron chi connectivity index (χ4n) is 6.50. The second-order valence-electron chi connectivity index (χ2n) is 14.1. The molecule has 0 saturated carbocycles. The van der Waals surface area contributed by atoms with Gasteiger partial charge in [0.05, 0.1) is 28.6 Å². The van der Waals surface area contributed by atoms with Gasteiger partial charge in [0.2, 0.25) is 5.79 Å². The molecule has 11 atom stereocenters. The van der Waals surface area contributed by atoms with Crippen LogP contribution in [0.5, 0.6) is 0 Å². The Hall–Kier alpha value is -3.82. The van der Waals surface area contributed by atoms with Crippen molar-refractivity contribution in [1.29, 1.82) is 0 Å². The van der Waals surface area contributed by atoms with Crippen molar-refractivity contribution < 1.29 is 73.4 Å². The fraction of sp³-hybridized carbons (Fsp3) is 0.487.